The number of halogens is 1. The molecule has 0 aliphatic carbocycles. The summed E-state index contributed by atoms with van der Waals surface area (Å²) in [4.78, 5) is 3.15. The van der Waals surface area contributed by atoms with Crippen LogP contribution in [0.3, 0.4) is 0 Å². The zero-order chi connectivity index (χ0) is 10.7. The fourth-order valence-corrected chi connectivity index (χ4v) is 1.54. The van der Waals surface area contributed by atoms with Crippen molar-refractivity contribution in [1.29, 1.82) is 0 Å². The molecule has 0 spiro atoms. The summed E-state index contributed by atoms with van der Waals surface area (Å²) in [5.74, 6) is 1.02. The second kappa shape index (κ2) is 5.58. The van der Waals surface area contributed by atoms with E-state index >= 15 is 0 Å². The molecule has 0 fully saturated rings. The summed E-state index contributed by atoms with van der Waals surface area (Å²) in [5.41, 5.74) is 9.09. The van der Waals surface area contributed by atoms with Crippen molar-refractivity contribution < 1.29 is 0 Å². The van der Waals surface area contributed by atoms with Gasteiger partial charge in [0.25, 0.3) is 0 Å². The number of rotatable bonds is 3. The zero-order valence-electron chi connectivity index (χ0n) is 9.16. The number of hydrogen-bond donors (Lipinski definition) is 3. The molecule has 0 bridgehead atoms. The van der Waals surface area contributed by atoms with Gasteiger partial charge in [-0.05, 0) is 17.2 Å². The molecule has 0 saturated carbocycles. The van der Waals surface area contributed by atoms with Crippen LogP contribution in [0.4, 0.5) is 5.82 Å². The normalized spacial score (nSPS) is 9.62. The molecule has 4 heteroatoms. The van der Waals surface area contributed by atoms with Crippen LogP contribution in [0.25, 0.3) is 11.1 Å². The van der Waals surface area contributed by atoms with Gasteiger partial charge in [0.2, 0.25) is 0 Å². The second-order valence-electron chi connectivity index (χ2n) is 3.45. The van der Waals surface area contributed by atoms with Gasteiger partial charge < -0.3 is 16.0 Å². The lowest BCUT2D eigenvalue weighted by Crippen LogP contribution is -1.94. The molecule has 86 valence electrons. The summed E-state index contributed by atoms with van der Waals surface area (Å²) < 4.78 is 0. The number of H-pyrrole nitrogens is 1. The number of benzene rings is 1. The van der Waals surface area contributed by atoms with Crippen LogP contribution in [-0.2, 0) is 6.54 Å². The average molecular weight is 238 g/mol. The van der Waals surface area contributed by atoms with Crippen molar-refractivity contribution >= 4 is 18.2 Å². The minimum absolute atomic E-state index is 0. The number of aromatic nitrogens is 1. The molecular formula is C12H16ClN3. The first kappa shape index (κ1) is 12.6. The fourth-order valence-electron chi connectivity index (χ4n) is 1.54. The average Bonchev–Trinajstić information content (AvgIpc) is 2.78. The largest absolute Gasteiger partial charge is 0.375 e. The molecule has 0 radical (unpaired) electrons. The first-order valence-corrected chi connectivity index (χ1v) is 4.99. The Kier molecular flexibility index (Phi) is 4.40. The summed E-state index contributed by atoms with van der Waals surface area (Å²) in [6, 6.07) is 10.4. The monoisotopic (exact) mass is 237 g/mol. The molecular weight excluding hydrogens is 222 g/mol. The molecule has 0 amide bonds. The SMILES string of the molecule is CNc1cc(-c2ccc(CN)cc2)c[nH]1.Cl. The van der Waals surface area contributed by atoms with Crippen LogP contribution in [0.15, 0.2) is 36.5 Å². The standard InChI is InChI=1S/C12H15N3.ClH/c1-14-12-6-11(8-15-12)10-4-2-9(7-13)3-5-10;/h2-6,8,14-15H,7,13H2,1H3;1H. The molecule has 0 saturated heterocycles. The predicted molar refractivity (Wildman–Crippen MR) is 70.9 cm³/mol. The number of aromatic amines is 1. The molecule has 0 aliphatic heterocycles. The topological polar surface area (TPSA) is 53.8 Å². The van der Waals surface area contributed by atoms with Gasteiger partial charge in [-0.15, -0.1) is 12.4 Å². The van der Waals surface area contributed by atoms with E-state index in [2.05, 4.69) is 40.6 Å². The Hall–Kier alpha value is -1.45. The van der Waals surface area contributed by atoms with Gasteiger partial charge in [0.15, 0.2) is 0 Å². The van der Waals surface area contributed by atoms with E-state index in [1.165, 1.54) is 11.1 Å². The molecule has 1 aromatic heterocycles. The van der Waals surface area contributed by atoms with Crippen molar-refractivity contribution in [2.24, 2.45) is 5.73 Å². The maximum absolute atomic E-state index is 5.55. The highest BCUT2D eigenvalue weighted by Gasteiger charge is 2.00. The van der Waals surface area contributed by atoms with Gasteiger partial charge in [0, 0.05) is 25.4 Å². The van der Waals surface area contributed by atoms with Crippen molar-refractivity contribution in [3.63, 3.8) is 0 Å². The van der Waals surface area contributed by atoms with E-state index in [4.69, 9.17) is 5.73 Å². The molecule has 0 unspecified atom stereocenters. The molecule has 1 aromatic carbocycles. The Morgan fingerprint density at radius 2 is 1.88 bits per heavy atom. The molecule has 2 rings (SSSR count). The lowest BCUT2D eigenvalue weighted by Gasteiger charge is -1.99. The molecule has 0 aliphatic rings. The van der Waals surface area contributed by atoms with Crippen LogP contribution in [0, 0.1) is 0 Å². The van der Waals surface area contributed by atoms with Gasteiger partial charge in [-0.3, -0.25) is 0 Å². The van der Waals surface area contributed by atoms with Crippen molar-refractivity contribution in [2.45, 2.75) is 6.54 Å². The van der Waals surface area contributed by atoms with Crippen LogP contribution in [0.1, 0.15) is 5.56 Å². The van der Waals surface area contributed by atoms with E-state index in [0.717, 1.165) is 11.4 Å². The van der Waals surface area contributed by atoms with E-state index in [9.17, 15) is 0 Å². The molecule has 2 aromatic rings. The highest BCUT2D eigenvalue weighted by molar-refractivity contribution is 5.85. The van der Waals surface area contributed by atoms with Crippen molar-refractivity contribution in [3.05, 3.63) is 42.1 Å². The third-order valence-corrected chi connectivity index (χ3v) is 2.48. The third-order valence-electron chi connectivity index (χ3n) is 2.48. The Morgan fingerprint density at radius 3 is 2.38 bits per heavy atom. The lowest BCUT2D eigenvalue weighted by atomic mass is 10.1. The Morgan fingerprint density at radius 1 is 1.19 bits per heavy atom. The number of anilines is 1. The summed E-state index contributed by atoms with van der Waals surface area (Å²) in [6.07, 6.45) is 1.99. The lowest BCUT2D eigenvalue weighted by molar-refractivity contribution is 1.07. The molecule has 16 heavy (non-hydrogen) atoms. The van der Waals surface area contributed by atoms with E-state index < -0.39 is 0 Å². The van der Waals surface area contributed by atoms with E-state index in [1.54, 1.807) is 0 Å². The van der Waals surface area contributed by atoms with Crippen LogP contribution >= 0.6 is 12.4 Å². The minimum Gasteiger partial charge on any atom is -0.375 e. The van der Waals surface area contributed by atoms with Crippen LogP contribution < -0.4 is 11.1 Å². The van der Waals surface area contributed by atoms with Crippen molar-refractivity contribution in [2.75, 3.05) is 12.4 Å². The smallest absolute Gasteiger partial charge is 0.103 e. The Labute approximate surface area is 101 Å². The van der Waals surface area contributed by atoms with E-state index in [0.29, 0.717) is 6.54 Å². The maximum atomic E-state index is 5.55. The first-order chi connectivity index (χ1) is 7.33. The summed E-state index contributed by atoms with van der Waals surface area (Å²) in [7, 11) is 1.90. The van der Waals surface area contributed by atoms with Crippen LogP contribution in [-0.4, -0.2) is 12.0 Å². The number of nitrogens with one attached hydrogen (secondary N) is 2. The van der Waals surface area contributed by atoms with Gasteiger partial charge in [-0.25, -0.2) is 0 Å². The number of hydrogen-bond acceptors (Lipinski definition) is 2. The number of nitrogens with two attached hydrogens (primary N) is 1. The zero-order valence-corrected chi connectivity index (χ0v) is 9.97. The van der Waals surface area contributed by atoms with E-state index in [-0.39, 0.29) is 12.4 Å². The van der Waals surface area contributed by atoms with Gasteiger partial charge >= 0.3 is 0 Å². The maximum Gasteiger partial charge on any atom is 0.103 e. The molecule has 0 atom stereocenters. The minimum atomic E-state index is 0. The summed E-state index contributed by atoms with van der Waals surface area (Å²) >= 11 is 0. The fraction of sp³-hybridized carbons (Fsp3) is 0.167. The van der Waals surface area contributed by atoms with Gasteiger partial charge in [0.1, 0.15) is 5.82 Å². The highest BCUT2D eigenvalue weighted by atomic mass is 35.5. The van der Waals surface area contributed by atoms with Gasteiger partial charge in [-0.2, -0.15) is 0 Å². The first-order valence-electron chi connectivity index (χ1n) is 4.99. The molecule has 1 heterocycles. The van der Waals surface area contributed by atoms with Gasteiger partial charge in [-0.1, -0.05) is 24.3 Å². The summed E-state index contributed by atoms with van der Waals surface area (Å²) in [5, 5.41) is 3.06. The summed E-state index contributed by atoms with van der Waals surface area (Å²) in [6.45, 7) is 0.592. The quantitative estimate of drug-likeness (QED) is 0.769. The third kappa shape index (κ3) is 2.56. The highest BCUT2D eigenvalue weighted by Crippen LogP contribution is 2.22. The molecule has 3 nitrogen and oxygen atoms in total. The van der Waals surface area contributed by atoms with Crippen LogP contribution in [0.2, 0.25) is 0 Å². The van der Waals surface area contributed by atoms with Crippen molar-refractivity contribution in [3.8, 4) is 11.1 Å². The van der Waals surface area contributed by atoms with Gasteiger partial charge in [0.05, 0.1) is 0 Å². The Bertz CT molecular complexity index is 434. The van der Waals surface area contributed by atoms with Crippen molar-refractivity contribution in [1.82, 2.24) is 4.98 Å². The molecule has 4 N–H and O–H groups in total. The Balaban J connectivity index is 0.00000128. The predicted octanol–water partition coefficient (Wildman–Crippen LogP) is 2.60. The van der Waals surface area contributed by atoms with Crippen LogP contribution in [0.5, 0.6) is 0 Å². The van der Waals surface area contributed by atoms with E-state index in [1.807, 2.05) is 13.2 Å². The second-order valence-corrected chi connectivity index (χ2v) is 3.45.